The molecule has 32 heavy (non-hydrogen) atoms. The highest BCUT2D eigenvalue weighted by Gasteiger charge is 2.28. The largest absolute Gasteiger partial charge is 0.378 e. The first kappa shape index (κ1) is 22.1. The van der Waals surface area contributed by atoms with Crippen molar-refractivity contribution < 1.29 is 14.1 Å². The van der Waals surface area contributed by atoms with E-state index in [-0.39, 0.29) is 11.9 Å². The van der Waals surface area contributed by atoms with Gasteiger partial charge in [-0.2, -0.15) is 0 Å². The van der Waals surface area contributed by atoms with Crippen LogP contribution in [0.15, 0.2) is 59.1 Å². The molecule has 4 rings (SSSR count). The fraction of sp³-hybridized carbons (Fsp3) is 0.385. The van der Waals surface area contributed by atoms with Crippen molar-refractivity contribution in [2.45, 2.75) is 39.8 Å². The number of hydrogen-bond donors (Lipinski definition) is 0. The quantitative estimate of drug-likeness (QED) is 0.550. The van der Waals surface area contributed by atoms with E-state index in [2.05, 4.69) is 43.0 Å². The minimum Gasteiger partial charge on any atom is -0.378 e. The van der Waals surface area contributed by atoms with Crippen LogP contribution >= 0.6 is 0 Å². The fourth-order valence-corrected chi connectivity index (χ4v) is 4.08. The Kier molecular flexibility index (Phi) is 6.90. The lowest BCUT2D eigenvalue weighted by atomic mass is 10.0. The van der Waals surface area contributed by atoms with E-state index in [9.17, 15) is 4.79 Å². The average Bonchev–Trinajstić information content (AvgIpc) is 3.22. The van der Waals surface area contributed by atoms with Crippen molar-refractivity contribution in [1.82, 2.24) is 10.1 Å². The summed E-state index contributed by atoms with van der Waals surface area (Å²) in [5.41, 5.74) is 4.93. The van der Waals surface area contributed by atoms with E-state index in [1.165, 1.54) is 0 Å². The SMILES string of the molecule is Cc1cccc(-c2noc(N3CCOCC3)c2CN(C(=O)Cc2ccccc2)C(C)C)c1. The minimum atomic E-state index is 0.0454. The van der Waals surface area contributed by atoms with Crippen LogP contribution in [-0.4, -0.2) is 48.3 Å². The lowest BCUT2D eigenvalue weighted by Gasteiger charge is -2.30. The van der Waals surface area contributed by atoms with Crippen LogP contribution in [-0.2, 0) is 22.5 Å². The predicted molar refractivity (Wildman–Crippen MR) is 126 cm³/mol. The van der Waals surface area contributed by atoms with E-state index >= 15 is 0 Å². The Morgan fingerprint density at radius 3 is 2.53 bits per heavy atom. The van der Waals surface area contributed by atoms with Gasteiger partial charge in [-0.25, -0.2) is 0 Å². The predicted octanol–water partition coefficient (Wildman–Crippen LogP) is 4.47. The van der Waals surface area contributed by atoms with Gasteiger partial charge in [0.15, 0.2) is 0 Å². The van der Waals surface area contributed by atoms with E-state index in [1.54, 1.807) is 0 Å². The lowest BCUT2D eigenvalue weighted by Crippen LogP contribution is -2.39. The highest BCUT2D eigenvalue weighted by Crippen LogP contribution is 2.34. The number of rotatable bonds is 7. The number of aromatic nitrogens is 1. The summed E-state index contributed by atoms with van der Waals surface area (Å²) in [4.78, 5) is 17.4. The van der Waals surface area contributed by atoms with E-state index in [1.807, 2.05) is 47.4 Å². The molecule has 0 aliphatic carbocycles. The van der Waals surface area contributed by atoms with Crippen molar-refractivity contribution in [2.24, 2.45) is 0 Å². The molecule has 1 aliphatic rings. The van der Waals surface area contributed by atoms with Gasteiger partial charge in [0.1, 0.15) is 5.69 Å². The molecule has 6 nitrogen and oxygen atoms in total. The van der Waals surface area contributed by atoms with Gasteiger partial charge in [-0.05, 0) is 32.4 Å². The van der Waals surface area contributed by atoms with Gasteiger partial charge in [0, 0.05) is 24.7 Å². The van der Waals surface area contributed by atoms with Gasteiger partial charge in [-0.15, -0.1) is 0 Å². The summed E-state index contributed by atoms with van der Waals surface area (Å²) in [5.74, 6) is 0.832. The van der Waals surface area contributed by atoms with Gasteiger partial charge in [-0.1, -0.05) is 59.3 Å². The summed E-state index contributed by atoms with van der Waals surface area (Å²) >= 11 is 0. The topological polar surface area (TPSA) is 58.8 Å². The molecule has 6 heteroatoms. The molecule has 1 saturated heterocycles. The standard InChI is InChI=1S/C26H31N3O3/c1-19(2)29(24(30)17-21-9-5-4-6-10-21)18-23-25(22-11-7-8-20(3)16-22)27-32-26(23)28-12-14-31-15-13-28/h4-11,16,19H,12-15,17-18H2,1-3H3. The zero-order valence-corrected chi connectivity index (χ0v) is 19.1. The van der Waals surface area contributed by atoms with Crippen LogP contribution in [0.5, 0.6) is 0 Å². The summed E-state index contributed by atoms with van der Waals surface area (Å²) in [6.45, 7) is 9.42. The van der Waals surface area contributed by atoms with E-state index in [0.29, 0.717) is 26.2 Å². The molecule has 0 bridgehead atoms. The van der Waals surface area contributed by atoms with Gasteiger partial charge in [0.2, 0.25) is 11.8 Å². The van der Waals surface area contributed by atoms with Gasteiger partial charge < -0.3 is 19.1 Å². The van der Waals surface area contributed by atoms with Crippen LogP contribution in [0, 0.1) is 6.92 Å². The molecule has 0 N–H and O–H groups in total. The van der Waals surface area contributed by atoms with Crippen molar-refractivity contribution in [3.63, 3.8) is 0 Å². The molecule has 1 fully saturated rings. The summed E-state index contributed by atoms with van der Waals surface area (Å²) in [6, 6.07) is 18.2. The number of hydrogen-bond acceptors (Lipinski definition) is 5. The van der Waals surface area contributed by atoms with E-state index in [0.717, 1.165) is 46.9 Å². The summed E-state index contributed by atoms with van der Waals surface area (Å²) in [7, 11) is 0. The van der Waals surface area contributed by atoms with Gasteiger partial charge in [-0.3, -0.25) is 4.79 Å². The minimum absolute atomic E-state index is 0.0454. The molecule has 0 saturated carbocycles. The Labute approximate surface area is 189 Å². The zero-order valence-electron chi connectivity index (χ0n) is 19.1. The first-order valence-corrected chi connectivity index (χ1v) is 11.2. The van der Waals surface area contributed by atoms with Crippen LogP contribution in [0.25, 0.3) is 11.3 Å². The summed E-state index contributed by atoms with van der Waals surface area (Å²) < 4.78 is 11.4. The Hall–Kier alpha value is -3.12. The third-order valence-electron chi connectivity index (χ3n) is 5.83. The Bertz CT molecular complexity index is 1040. The fourth-order valence-electron chi connectivity index (χ4n) is 4.08. The highest BCUT2D eigenvalue weighted by molar-refractivity contribution is 5.80. The Morgan fingerprint density at radius 2 is 1.84 bits per heavy atom. The second-order valence-corrected chi connectivity index (χ2v) is 8.56. The Morgan fingerprint density at radius 1 is 1.09 bits per heavy atom. The average molecular weight is 434 g/mol. The van der Waals surface area contributed by atoms with Crippen LogP contribution in [0.4, 0.5) is 5.88 Å². The number of nitrogens with zero attached hydrogens (tertiary/aromatic N) is 3. The molecule has 1 aromatic heterocycles. The molecular formula is C26H31N3O3. The molecule has 0 atom stereocenters. The van der Waals surface area contributed by atoms with Crippen molar-refractivity contribution in [2.75, 3.05) is 31.2 Å². The maximum atomic E-state index is 13.3. The Balaban J connectivity index is 1.68. The molecular weight excluding hydrogens is 402 g/mol. The van der Waals surface area contributed by atoms with E-state index in [4.69, 9.17) is 9.26 Å². The molecule has 2 heterocycles. The van der Waals surface area contributed by atoms with Crippen LogP contribution in [0.3, 0.4) is 0 Å². The molecule has 168 valence electrons. The lowest BCUT2D eigenvalue weighted by molar-refractivity contribution is -0.132. The molecule has 0 spiro atoms. The molecule has 2 aromatic carbocycles. The third-order valence-corrected chi connectivity index (χ3v) is 5.83. The molecule has 0 radical (unpaired) electrons. The van der Waals surface area contributed by atoms with Crippen molar-refractivity contribution in [1.29, 1.82) is 0 Å². The van der Waals surface area contributed by atoms with Crippen molar-refractivity contribution >= 4 is 11.8 Å². The first-order chi connectivity index (χ1) is 15.5. The number of aryl methyl sites for hydroxylation is 1. The molecule has 1 aliphatic heterocycles. The number of ether oxygens (including phenoxy) is 1. The normalized spacial score (nSPS) is 14.1. The third kappa shape index (κ3) is 5.02. The van der Waals surface area contributed by atoms with Crippen LogP contribution < -0.4 is 4.90 Å². The molecule has 0 unspecified atom stereocenters. The number of benzene rings is 2. The number of carbonyl (C=O) groups is 1. The number of amides is 1. The number of anilines is 1. The molecule has 3 aromatic rings. The van der Waals surface area contributed by atoms with Gasteiger partial charge >= 0.3 is 0 Å². The second-order valence-electron chi connectivity index (χ2n) is 8.56. The first-order valence-electron chi connectivity index (χ1n) is 11.2. The monoisotopic (exact) mass is 433 g/mol. The maximum Gasteiger partial charge on any atom is 0.233 e. The number of morpholine rings is 1. The summed E-state index contributed by atoms with van der Waals surface area (Å²) in [6.07, 6.45) is 0.372. The highest BCUT2D eigenvalue weighted by atomic mass is 16.5. The smallest absolute Gasteiger partial charge is 0.233 e. The van der Waals surface area contributed by atoms with Gasteiger partial charge in [0.25, 0.3) is 0 Å². The number of carbonyl (C=O) groups excluding carboxylic acids is 1. The van der Waals surface area contributed by atoms with Crippen molar-refractivity contribution in [3.05, 3.63) is 71.3 Å². The second kappa shape index (κ2) is 10.0. The van der Waals surface area contributed by atoms with Gasteiger partial charge in [0.05, 0.1) is 31.7 Å². The van der Waals surface area contributed by atoms with Crippen LogP contribution in [0.2, 0.25) is 0 Å². The summed E-state index contributed by atoms with van der Waals surface area (Å²) in [5, 5.41) is 4.46. The maximum absolute atomic E-state index is 13.3. The van der Waals surface area contributed by atoms with E-state index < -0.39 is 0 Å². The molecule has 1 amide bonds. The zero-order chi connectivity index (χ0) is 22.5. The van der Waals surface area contributed by atoms with Crippen LogP contribution in [0.1, 0.15) is 30.5 Å². The van der Waals surface area contributed by atoms with Crippen molar-refractivity contribution in [3.8, 4) is 11.3 Å².